The zero-order chi connectivity index (χ0) is 17.8. The molecule has 7 heteroatoms. The molecule has 1 aliphatic rings. The second kappa shape index (κ2) is 7.63. The van der Waals surface area contributed by atoms with Crippen LogP contribution in [0.5, 0.6) is 5.75 Å². The summed E-state index contributed by atoms with van der Waals surface area (Å²) in [6.07, 6.45) is 1.71. The number of methoxy groups -OCH3 is 1. The molecule has 0 saturated carbocycles. The topological polar surface area (TPSA) is 58.6 Å². The summed E-state index contributed by atoms with van der Waals surface area (Å²) in [6.45, 7) is 0.0352. The summed E-state index contributed by atoms with van der Waals surface area (Å²) in [7, 11) is 1.54. The Balaban J connectivity index is 1.74. The van der Waals surface area contributed by atoms with Gasteiger partial charge in [0, 0.05) is 5.02 Å². The Morgan fingerprint density at radius 2 is 1.96 bits per heavy atom. The zero-order valence-electron chi connectivity index (χ0n) is 13.4. The van der Waals surface area contributed by atoms with E-state index in [1.165, 1.54) is 7.11 Å². The second-order valence-electron chi connectivity index (χ2n) is 5.20. The van der Waals surface area contributed by atoms with Gasteiger partial charge in [-0.15, -0.1) is 0 Å². The van der Waals surface area contributed by atoms with E-state index >= 15 is 0 Å². The van der Waals surface area contributed by atoms with Gasteiger partial charge in [0.25, 0.3) is 11.1 Å². The average Bonchev–Trinajstić information content (AvgIpc) is 2.87. The number of nitrogens with zero attached hydrogens (tertiary/aromatic N) is 1. The summed E-state index contributed by atoms with van der Waals surface area (Å²) in [5.41, 5.74) is 1.48. The van der Waals surface area contributed by atoms with Crippen LogP contribution in [-0.4, -0.2) is 29.8 Å². The van der Waals surface area contributed by atoms with Crippen molar-refractivity contribution in [1.82, 2.24) is 4.90 Å². The van der Waals surface area contributed by atoms with Crippen LogP contribution in [0.25, 0.3) is 6.08 Å². The van der Waals surface area contributed by atoms with E-state index in [0.717, 1.165) is 22.2 Å². The van der Waals surface area contributed by atoms with Gasteiger partial charge in [-0.3, -0.25) is 14.5 Å². The van der Waals surface area contributed by atoms with Gasteiger partial charge in [-0.05, 0) is 41.6 Å². The number of carbonyl (C=O) groups is 2. The number of nitrogens with one attached hydrogen (secondary N) is 1. The lowest BCUT2D eigenvalue weighted by Gasteiger charge is -2.16. The van der Waals surface area contributed by atoms with Gasteiger partial charge in [0.1, 0.15) is 5.75 Å². The van der Waals surface area contributed by atoms with Crippen LogP contribution in [0.3, 0.4) is 0 Å². The van der Waals surface area contributed by atoms with Crippen LogP contribution in [-0.2, 0) is 4.79 Å². The fraction of sp³-hybridized carbons (Fsp3) is 0.111. The lowest BCUT2D eigenvalue weighted by atomic mass is 10.2. The Hall–Kier alpha value is -2.44. The van der Waals surface area contributed by atoms with Crippen molar-refractivity contribution in [2.75, 3.05) is 19.1 Å². The van der Waals surface area contributed by atoms with Crippen LogP contribution in [0.15, 0.2) is 53.4 Å². The molecule has 0 atom stereocenters. The number of hydrogen-bond donors (Lipinski definition) is 1. The van der Waals surface area contributed by atoms with Gasteiger partial charge in [0.05, 0.1) is 24.4 Å². The van der Waals surface area contributed by atoms with E-state index in [1.807, 2.05) is 30.3 Å². The van der Waals surface area contributed by atoms with E-state index in [9.17, 15) is 9.59 Å². The number of carbonyl (C=O) groups excluding carboxylic acids is 2. The number of anilines is 1. The number of halogens is 1. The molecule has 0 aliphatic carbocycles. The fourth-order valence-corrected chi connectivity index (χ4v) is 3.33. The molecule has 2 aromatic carbocycles. The maximum atomic E-state index is 12.5. The van der Waals surface area contributed by atoms with E-state index in [2.05, 4.69) is 5.32 Å². The highest BCUT2D eigenvalue weighted by atomic mass is 35.5. The summed E-state index contributed by atoms with van der Waals surface area (Å²) >= 11 is 6.91. The SMILES string of the molecule is COc1ccc(Cl)cc1NCN1C(=O)SC(=Cc2ccccc2)C1=O. The highest BCUT2D eigenvalue weighted by Crippen LogP contribution is 2.33. The first-order valence-electron chi connectivity index (χ1n) is 7.46. The molecule has 128 valence electrons. The molecule has 1 aliphatic heterocycles. The standard InChI is InChI=1S/C18H15ClN2O3S/c1-24-15-8-7-13(19)10-14(15)20-11-21-17(22)16(25-18(21)23)9-12-5-3-2-4-6-12/h2-10,20H,11H2,1H3. The smallest absolute Gasteiger partial charge is 0.295 e. The molecule has 0 radical (unpaired) electrons. The molecule has 25 heavy (non-hydrogen) atoms. The summed E-state index contributed by atoms with van der Waals surface area (Å²) in [4.78, 5) is 26.2. The van der Waals surface area contributed by atoms with Crippen LogP contribution < -0.4 is 10.1 Å². The van der Waals surface area contributed by atoms with E-state index in [1.54, 1.807) is 24.3 Å². The molecule has 2 amide bonds. The predicted octanol–water partition coefficient (Wildman–Crippen LogP) is 4.45. The monoisotopic (exact) mass is 374 g/mol. The Labute approximate surface area is 154 Å². The summed E-state index contributed by atoms with van der Waals surface area (Å²) in [5.74, 6) is 0.253. The Morgan fingerprint density at radius 1 is 1.20 bits per heavy atom. The summed E-state index contributed by atoms with van der Waals surface area (Å²) < 4.78 is 5.24. The second-order valence-corrected chi connectivity index (χ2v) is 6.63. The lowest BCUT2D eigenvalue weighted by Crippen LogP contribution is -2.33. The third kappa shape index (κ3) is 3.97. The Kier molecular flexibility index (Phi) is 5.31. The van der Waals surface area contributed by atoms with Crippen molar-refractivity contribution in [3.63, 3.8) is 0 Å². The molecule has 0 aromatic heterocycles. The van der Waals surface area contributed by atoms with Gasteiger partial charge in [0.2, 0.25) is 0 Å². The molecule has 0 unspecified atom stereocenters. The molecule has 1 fully saturated rings. The van der Waals surface area contributed by atoms with Gasteiger partial charge >= 0.3 is 0 Å². The fourth-order valence-electron chi connectivity index (χ4n) is 2.32. The molecule has 5 nitrogen and oxygen atoms in total. The van der Waals surface area contributed by atoms with Crippen LogP contribution >= 0.6 is 23.4 Å². The van der Waals surface area contributed by atoms with Crippen molar-refractivity contribution in [2.24, 2.45) is 0 Å². The Morgan fingerprint density at radius 3 is 2.68 bits per heavy atom. The molecule has 0 bridgehead atoms. The van der Waals surface area contributed by atoms with Crippen molar-refractivity contribution in [3.8, 4) is 5.75 Å². The molecule has 3 rings (SSSR count). The van der Waals surface area contributed by atoms with Crippen molar-refractivity contribution >= 4 is 46.3 Å². The largest absolute Gasteiger partial charge is 0.495 e. The van der Waals surface area contributed by atoms with Gasteiger partial charge < -0.3 is 10.1 Å². The molecule has 1 saturated heterocycles. The van der Waals surface area contributed by atoms with Gasteiger partial charge in [-0.2, -0.15) is 0 Å². The minimum Gasteiger partial charge on any atom is -0.495 e. The van der Waals surface area contributed by atoms with Crippen molar-refractivity contribution < 1.29 is 14.3 Å². The Bertz CT molecular complexity index is 839. The van der Waals surface area contributed by atoms with Crippen molar-refractivity contribution in [2.45, 2.75) is 0 Å². The number of benzene rings is 2. The molecule has 1 heterocycles. The van der Waals surface area contributed by atoms with Gasteiger partial charge in [-0.25, -0.2) is 0 Å². The first-order chi connectivity index (χ1) is 12.1. The molecule has 1 N–H and O–H groups in total. The maximum Gasteiger partial charge on any atom is 0.295 e. The van der Waals surface area contributed by atoms with Crippen molar-refractivity contribution in [1.29, 1.82) is 0 Å². The average molecular weight is 375 g/mol. The minimum atomic E-state index is -0.327. The van der Waals surface area contributed by atoms with E-state index in [4.69, 9.17) is 16.3 Å². The van der Waals surface area contributed by atoms with Crippen molar-refractivity contribution in [3.05, 3.63) is 64.0 Å². The molecule has 2 aromatic rings. The van der Waals surface area contributed by atoms with Crippen LogP contribution in [0.2, 0.25) is 5.02 Å². The summed E-state index contributed by atoms with van der Waals surface area (Å²) in [6, 6.07) is 14.5. The number of thioether (sulfide) groups is 1. The summed E-state index contributed by atoms with van der Waals surface area (Å²) in [5, 5.41) is 3.24. The molecule has 0 spiro atoms. The maximum absolute atomic E-state index is 12.5. The lowest BCUT2D eigenvalue weighted by molar-refractivity contribution is -0.122. The highest BCUT2D eigenvalue weighted by molar-refractivity contribution is 8.18. The third-order valence-corrected chi connectivity index (χ3v) is 4.70. The minimum absolute atomic E-state index is 0.0352. The van der Waals surface area contributed by atoms with Crippen LogP contribution in [0, 0.1) is 0 Å². The normalized spacial score (nSPS) is 15.8. The quantitative estimate of drug-likeness (QED) is 0.783. The first kappa shape index (κ1) is 17.4. The van der Waals surface area contributed by atoms with Gasteiger partial charge in [0.15, 0.2) is 0 Å². The molecular weight excluding hydrogens is 360 g/mol. The van der Waals surface area contributed by atoms with E-state index in [-0.39, 0.29) is 17.8 Å². The number of ether oxygens (including phenoxy) is 1. The number of hydrogen-bond acceptors (Lipinski definition) is 5. The molecular formula is C18H15ClN2O3S. The number of rotatable bonds is 5. The van der Waals surface area contributed by atoms with E-state index in [0.29, 0.717) is 21.4 Å². The third-order valence-electron chi connectivity index (χ3n) is 3.56. The van der Waals surface area contributed by atoms with E-state index < -0.39 is 0 Å². The van der Waals surface area contributed by atoms with Crippen LogP contribution in [0.1, 0.15) is 5.56 Å². The highest BCUT2D eigenvalue weighted by Gasteiger charge is 2.34. The number of imide groups is 1. The predicted molar refractivity (Wildman–Crippen MR) is 101 cm³/mol. The number of amides is 2. The van der Waals surface area contributed by atoms with Crippen LogP contribution in [0.4, 0.5) is 10.5 Å². The zero-order valence-corrected chi connectivity index (χ0v) is 14.9. The first-order valence-corrected chi connectivity index (χ1v) is 8.66. The van der Waals surface area contributed by atoms with Gasteiger partial charge in [-0.1, -0.05) is 41.9 Å².